The molecule has 0 unspecified atom stereocenters. The molecule has 0 spiro atoms. The highest BCUT2D eigenvalue weighted by molar-refractivity contribution is 7.99. The average molecular weight is 525 g/mol. The molecule has 0 radical (unpaired) electrons. The molecular weight excluding hydrogens is 456 g/mol. The van der Waals surface area contributed by atoms with Gasteiger partial charge in [0.1, 0.15) is 0 Å². The van der Waals surface area contributed by atoms with E-state index in [-0.39, 0.29) is 0 Å². The van der Waals surface area contributed by atoms with Crippen LogP contribution in [-0.4, -0.2) is 24.7 Å². The molecule has 0 amide bonds. The predicted octanol–water partition coefficient (Wildman–Crippen LogP) is 12.6. The van der Waals surface area contributed by atoms with Gasteiger partial charge in [-0.2, -0.15) is 11.8 Å². The van der Waals surface area contributed by atoms with Crippen LogP contribution in [0, 0.1) is 0 Å². The van der Waals surface area contributed by atoms with Gasteiger partial charge in [0.05, 0.1) is 0 Å². The van der Waals surface area contributed by atoms with E-state index in [4.69, 9.17) is 4.74 Å². The monoisotopic (exact) mass is 524 g/mol. The van der Waals surface area contributed by atoms with E-state index in [0.717, 1.165) is 26.1 Å². The molecule has 1 nitrogen and oxygen atoms in total. The molecule has 36 heavy (non-hydrogen) atoms. The molecule has 216 valence electrons. The summed E-state index contributed by atoms with van der Waals surface area (Å²) in [5.74, 6) is 2.68. The molecular formula is C34H68OS. The summed E-state index contributed by atoms with van der Waals surface area (Å²) in [4.78, 5) is 0. The molecule has 2 aromatic carbocycles. The Morgan fingerprint density at radius 2 is 0.583 bits per heavy atom. The zero-order chi connectivity index (χ0) is 29.0. The fourth-order valence-electron chi connectivity index (χ4n) is 1.55. The molecule has 0 N–H and O–H groups in total. The van der Waals surface area contributed by atoms with Crippen molar-refractivity contribution in [3.05, 3.63) is 72.8 Å². The van der Waals surface area contributed by atoms with Crippen LogP contribution in [0.2, 0.25) is 0 Å². The molecule has 0 aromatic heterocycles. The van der Waals surface area contributed by atoms with Crippen LogP contribution < -0.4 is 0 Å². The maximum atomic E-state index is 5.13. The van der Waals surface area contributed by atoms with Crippen LogP contribution in [-0.2, 0) is 4.74 Å². The van der Waals surface area contributed by atoms with Gasteiger partial charge in [-0.15, -0.1) is 0 Å². The first kappa shape index (κ1) is 47.9. The summed E-state index contributed by atoms with van der Waals surface area (Å²) >= 11 is 2.05. The highest BCUT2D eigenvalue weighted by Crippen LogP contribution is 2.02. The fourth-order valence-corrected chi connectivity index (χ4v) is 2.33. The van der Waals surface area contributed by atoms with Gasteiger partial charge in [-0.3, -0.25) is 0 Å². The van der Waals surface area contributed by atoms with E-state index in [0.29, 0.717) is 0 Å². The Balaban J connectivity index is -0.0000000745. The Morgan fingerprint density at radius 1 is 0.389 bits per heavy atom. The lowest BCUT2D eigenvalue weighted by Crippen LogP contribution is -1.92. The predicted molar refractivity (Wildman–Crippen MR) is 177 cm³/mol. The van der Waals surface area contributed by atoms with Crippen LogP contribution >= 0.6 is 11.8 Å². The summed E-state index contributed by atoms with van der Waals surface area (Å²) in [5, 5.41) is 0. The van der Waals surface area contributed by atoms with Crippen molar-refractivity contribution in [3.8, 4) is 0 Å². The van der Waals surface area contributed by atoms with Gasteiger partial charge in [0, 0.05) is 13.2 Å². The molecule has 0 aliphatic carbocycles. The normalized spacial score (nSPS) is 7.67. The number of thioether (sulfide) groups is 1. The van der Waals surface area contributed by atoms with Crippen molar-refractivity contribution in [2.24, 2.45) is 0 Å². The Morgan fingerprint density at radius 3 is 0.722 bits per heavy atom. The summed E-state index contributed by atoms with van der Waals surface area (Å²) < 4.78 is 5.13. The number of benzene rings is 2. The zero-order valence-corrected chi connectivity index (χ0v) is 27.6. The molecule has 0 atom stereocenters. The van der Waals surface area contributed by atoms with Gasteiger partial charge in [0.2, 0.25) is 0 Å². The lowest BCUT2D eigenvalue weighted by molar-refractivity contribution is 0.135. The Labute approximate surface area is 235 Å². The minimum Gasteiger partial charge on any atom is -0.381 e. The van der Waals surface area contributed by atoms with E-state index in [1.165, 1.54) is 37.2 Å². The third-order valence-corrected chi connectivity index (χ3v) is 4.12. The number of ether oxygens (including phenoxy) is 1. The van der Waals surface area contributed by atoms with Gasteiger partial charge in [0.25, 0.3) is 0 Å². The van der Waals surface area contributed by atoms with Crippen molar-refractivity contribution in [1.29, 1.82) is 0 Å². The van der Waals surface area contributed by atoms with Crippen molar-refractivity contribution < 1.29 is 4.74 Å². The molecule has 2 rings (SSSR count). The Kier molecular flexibility index (Phi) is 93.0. The van der Waals surface area contributed by atoms with Crippen LogP contribution in [0.15, 0.2) is 72.8 Å². The minimum absolute atomic E-state index is 0.924. The first-order valence-corrected chi connectivity index (χ1v) is 16.0. The lowest BCUT2D eigenvalue weighted by Gasteiger charge is -1.95. The fraction of sp³-hybridized carbons (Fsp3) is 0.647. The SMILES string of the molecule is CC.CC.CCC.CCC.CCCOCCC.CCCSCCC.c1ccccc1.c1ccccc1. The summed E-state index contributed by atoms with van der Waals surface area (Å²) in [6.45, 7) is 27.0. The van der Waals surface area contributed by atoms with Gasteiger partial charge in [-0.1, -0.05) is 169 Å². The van der Waals surface area contributed by atoms with Gasteiger partial charge in [-0.25, -0.2) is 0 Å². The van der Waals surface area contributed by atoms with Crippen molar-refractivity contribution in [1.82, 2.24) is 0 Å². The lowest BCUT2D eigenvalue weighted by atomic mass is 10.4. The molecule has 0 saturated heterocycles. The largest absolute Gasteiger partial charge is 0.381 e. The summed E-state index contributed by atoms with van der Waals surface area (Å²) in [5.41, 5.74) is 0. The van der Waals surface area contributed by atoms with Crippen LogP contribution in [0.3, 0.4) is 0 Å². The van der Waals surface area contributed by atoms with E-state index in [2.05, 4.69) is 67.2 Å². The van der Waals surface area contributed by atoms with Crippen molar-refractivity contribution in [2.45, 2.75) is 122 Å². The molecule has 0 saturated carbocycles. The third kappa shape index (κ3) is 93.9. The van der Waals surface area contributed by atoms with Crippen molar-refractivity contribution in [2.75, 3.05) is 24.7 Å². The number of hydrogen-bond donors (Lipinski definition) is 0. The molecule has 2 aromatic rings. The highest BCUT2D eigenvalue weighted by atomic mass is 32.2. The van der Waals surface area contributed by atoms with Crippen LogP contribution in [0.25, 0.3) is 0 Å². The Bertz CT molecular complexity index is 329. The molecule has 2 heteroatoms. The van der Waals surface area contributed by atoms with Gasteiger partial charge >= 0.3 is 0 Å². The molecule has 0 aliphatic heterocycles. The zero-order valence-electron chi connectivity index (χ0n) is 26.8. The Hall–Kier alpha value is -1.25. The second-order valence-electron chi connectivity index (χ2n) is 6.95. The quantitative estimate of drug-likeness (QED) is 0.317. The van der Waals surface area contributed by atoms with Crippen LogP contribution in [0.1, 0.15) is 122 Å². The maximum absolute atomic E-state index is 5.13. The molecule has 0 heterocycles. The highest BCUT2D eigenvalue weighted by Gasteiger charge is 1.80. The second kappa shape index (κ2) is 69.9. The second-order valence-corrected chi connectivity index (χ2v) is 8.17. The maximum Gasteiger partial charge on any atom is 0.0463 e. The summed E-state index contributed by atoms with van der Waals surface area (Å²) in [7, 11) is 0. The van der Waals surface area contributed by atoms with Crippen molar-refractivity contribution >= 4 is 11.8 Å². The first-order valence-electron chi connectivity index (χ1n) is 14.8. The average Bonchev–Trinajstić information content (AvgIpc) is 2.95. The van der Waals surface area contributed by atoms with Gasteiger partial charge in [-0.05, 0) is 37.2 Å². The third-order valence-electron chi connectivity index (χ3n) is 2.73. The topological polar surface area (TPSA) is 9.23 Å². The van der Waals surface area contributed by atoms with Crippen molar-refractivity contribution in [3.63, 3.8) is 0 Å². The van der Waals surface area contributed by atoms with Gasteiger partial charge < -0.3 is 4.74 Å². The van der Waals surface area contributed by atoms with E-state index in [1.54, 1.807) is 0 Å². The summed E-state index contributed by atoms with van der Waals surface area (Å²) in [6, 6.07) is 24.0. The van der Waals surface area contributed by atoms with E-state index in [1.807, 2.05) is 100 Å². The number of hydrogen-bond acceptors (Lipinski definition) is 2. The number of rotatable bonds is 8. The van der Waals surface area contributed by atoms with E-state index < -0.39 is 0 Å². The smallest absolute Gasteiger partial charge is 0.0463 e. The summed E-state index contributed by atoms with van der Waals surface area (Å²) in [6.07, 6.45) is 7.43. The van der Waals surface area contributed by atoms with Gasteiger partial charge in [0.15, 0.2) is 0 Å². The standard InChI is InChI=1S/C6H14O.C6H14S.2C6H6.2C3H8.2C2H6/c2*1-3-5-7-6-4-2;2*1-2-4-6-5-3-1;2*1-3-2;2*1-2/h2*3-6H2,1-2H3;2*1-6H;2*3H2,1-2H3;2*1-2H3. The first-order chi connectivity index (χ1) is 17.7. The van der Waals surface area contributed by atoms with E-state index in [9.17, 15) is 0 Å². The molecule has 0 bridgehead atoms. The van der Waals surface area contributed by atoms with E-state index >= 15 is 0 Å². The molecule has 0 aliphatic rings. The van der Waals surface area contributed by atoms with Crippen LogP contribution in [0.5, 0.6) is 0 Å². The minimum atomic E-state index is 0.924. The molecule has 0 fully saturated rings. The van der Waals surface area contributed by atoms with Crippen LogP contribution in [0.4, 0.5) is 0 Å².